The Kier molecular flexibility index (Phi) is 3.28. The van der Waals surface area contributed by atoms with Gasteiger partial charge in [-0.2, -0.15) is 15.8 Å². The minimum absolute atomic E-state index is 0.00190. The van der Waals surface area contributed by atoms with E-state index >= 15 is 0 Å². The third-order valence-electron chi connectivity index (χ3n) is 2.95. The van der Waals surface area contributed by atoms with Crippen LogP contribution in [-0.2, 0) is 12.8 Å². The van der Waals surface area contributed by atoms with Crippen molar-refractivity contribution in [1.82, 2.24) is 0 Å². The quantitative estimate of drug-likeness (QED) is 0.796. The zero-order valence-electron chi connectivity index (χ0n) is 9.70. The molecule has 4 heteroatoms. The van der Waals surface area contributed by atoms with E-state index in [0.29, 0.717) is 0 Å². The second-order valence-electron chi connectivity index (χ2n) is 4.05. The van der Waals surface area contributed by atoms with E-state index in [4.69, 9.17) is 15.8 Å². The van der Waals surface area contributed by atoms with Gasteiger partial charge in [-0.3, -0.25) is 0 Å². The van der Waals surface area contributed by atoms with Crippen LogP contribution in [0.25, 0.3) is 0 Å². The van der Waals surface area contributed by atoms with Crippen LogP contribution >= 0.6 is 0 Å². The summed E-state index contributed by atoms with van der Waals surface area (Å²) in [5.74, 6) is 0. The number of hydrogen-bond donors (Lipinski definition) is 1. The fourth-order valence-electron chi connectivity index (χ4n) is 2.08. The molecule has 1 N–H and O–H groups in total. The summed E-state index contributed by atoms with van der Waals surface area (Å²) in [5, 5.41) is 29.3. The summed E-state index contributed by atoms with van der Waals surface area (Å²) in [6.07, 6.45) is 3.29. The highest BCUT2D eigenvalue weighted by molar-refractivity contribution is 5.60. The first-order valence-electron chi connectivity index (χ1n) is 5.62. The predicted molar refractivity (Wildman–Crippen MR) is 66.0 cm³/mol. The van der Waals surface area contributed by atoms with Gasteiger partial charge in [0.15, 0.2) is 5.57 Å². The van der Waals surface area contributed by atoms with Gasteiger partial charge in [0.25, 0.3) is 0 Å². The van der Waals surface area contributed by atoms with E-state index in [1.165, 1.54) is 11.1 Å². The third-order valence-corrected chi connectivity index (χ3v) is 2.95. The van der Waals surface area contributed by atoms with Crippen LogP contribution in [-0.4, -0.2) is 0 Å². The summed E-state index contributed by atoms with van der Waals surface area (Å²) < 4.78 is 0. The lowest BCUT2D eigenvalue weighted by Gasteiger charge is -2.07. The van der Waals surface area contributed by atoms with Gasteiger partial charge in [0, 0.05) is 5.69 Å². The summed E-state index contributed by atoms with van der Waals surface area (Å²) in [7, 11) is 0. The second kappa shape index (κ2) is 5.04. The van der Waals surface area contributed by atoms with Crippen LogP contribution in [0.3, 0.4) is 0 Å². The molecule has 1 aliphatic rings. The Labute approximate surface area is 105 Å². The lowest BCUT2D eigenvalue weighted by molar-refractivity contribution is 0.912. The zero-order valence-corrected chi connectivity index (χ0v) is 9.70. The Morgan fingerprint density at radius 2 is 1.72 bits per heavy atom. The van der Waals surface area contributed by atoms with Crippen molar-refractivity contribution in [3.63, 3.8) is 0 Å². The van der Waals surface area contributed by atoms with Crippen molar-refractivity contribution < 1.29 is 0 Å². The van der Waals surface area contributed by atoms with E-state index in [1.807, 2.05) is 24.3 Å². The summed E-state index contributed by atoms with van der Waals surface area (Å²) in [6.45, 7) is 0. The number of nitrogens with one attached hydrogen (secondary N) is 1. The molecule has 0 heterocycles. The molecule has 0 atom stereocenters. The Bertz CT molecular complexity index is 619. The number of fused-ring (bicyclic) bond motifs is 1. The molecule has 1 aliphatic carbocycles. The van der Waals surface area contributed by atoms with Gasteiger partial charge < -0.3 is 5.32 Å². The van der Waals surface area contributed by atoms with Gasteiger partial charge in [-0.1, -0.05) is 6.07 Å². The molecule has 0 spiro atoms. The number of hydrogen-bond acceptors (Lipinski definition) is 4. The van der Waals surface area contributed by atoms with Crippen molar-refractivity contribution in [3.05, 3.63) is 40.6 Å². The molecular formula is C14H10N4. The molecule has 0 amide bonds. The minimum Gasteiger partial charge on any atom is -0.345 e. The number of aryl methyl sites for hydroxylation is 2. The van der Waals surface area contributed by atoms with Gasteiger partial charge >= 0.3 is 0 Å². The molecule has 0 radical (unpaired) electrons. The number of nitriles is 3. The summed E-state index contributed by atoms with van der Waals surface area (Å²) in [5.41, 5.74) is 3.16. The van der Waals surface area contributed by atoms with Gasteiger partial charge in [-0.15, -0.1) is 0 Å². The van der Waals surface area contributed by atoms with Gasteiger partial charge in [0.1, 0.15) is 23.9 Å². The van der Waals surface area contributed by atoms with Crippen LogP contribution in [0.1, 0.15) is 17.5 Å². The van der Waals surface area contributed by atoms with Crippen molar-refractivity contribution in [2.24, 2.45) is 0 Å². The van der Waals surface area contributed by atoms with Crippen LogP contribution in [0.4, 0.5) is 5.69 Å². The highest BCUT2D eigenvalue weighted by Crippen LogP contribution is 2.25. The number of anilines is 1. The molecule has 0 bridgehead atoms. The van der Waals surface area contributed by atoms with Gasteiger partial charge in [-0.05, 0) is 42.5 Å². The van der Waals surface area contributed by atoms with E-state index in [2.05, 4.69) is 5.32 Å². The fraction of sp³-hybridized carbons (Fsp3) is 0.214. The minimum atomic E-state index is -0.196. The second-order valence-corrected chi connectivity index (χ2v) is 4.05. The van der Waals surface area contributed by atoms with Gasteiger partial charge in [0.2, 0.25) is 0 Å². The zero-order chi connectivity index (χ0) is 13.0. The van der Waals surface area contributed by atoms with E-state index in [1.54, 1.807) is 12.1 Å². The first-order chi connectivity index (χ1) is 8.78. The molecule has 0 aromatic heterocycles. The number of rotatable bonds is 2. The third kappa shape index (κ3) is 2.17. The summed E-state index contributed by atoms with van der Waals surface area (Å²) in [4.78, 5) is 0. The Balaban J connectivity index is 2.31. The van der Waals surface area contributed by atoms with Crippen molar-refractivity contribution in [2.75, 3.05) is 5.32 Å². The molecule has 18 heavy (non-hydrogen) atoms. The molecule has 4 nitrogen and oxygen atoms in total. The maximum atomic E-state index is 8.94. The van der Waals surface area contributed by atoms with Crippen molar-refractivity contribution >= 4 is 5.69 Å². The Morgan fingerprint density at radius 3 is 2.39 bits per heavy atom. The highest BCUT2D eigenvalue weighted by Gasteiger charge is 2.12. The smallest absolute Gasteiger partial charge is 0.163 e. The molecule has 2 rings (SSSR count). The molecule has 0 unspecified atom stereocenters. The van der Waals surface area contributed by atoms with Crippen molar-refractivity contribution in [3.8, 4) is 18.2 Å². The maximum Gasteiger partial charge on any atom is 0.163 e. The molecule has 1 aromatic rings. The van der Waals surface area contributed by atoms with Gasteiger partial charge in [-0.25, -0.2) is 0 Å². The lowest BCUT2D eigenvalue weighted by Crippen LogP contribution is -2.01. The normalized spacial score (nSPS) is 11.6. The van der Waals surface area contributed by atoms with Crippen LogP contribution in [0.5, 0.6) is 0 Å². The topological polar surface area (TPSA) is 83.4 Å². The first-order valence-corrected chi connectivity index (χ1v) is 5.62. The standard InChI is InChI=1S/C14H10N4/c15-7-12(8-16)14(9-17)18-13-5-4-10-2-1-3-11(10)6-13/h4-6,18H,1-3H2. The molecule has 86 valence electrons. The molecule has 0 aliphatic heterocycles. The summed E-state index contributed by atoms with van der Waals surface area (Å²) >= 11 is 0. The number of allylic oxidation sites excluding steroid dienone is 2. The molecule has 1 aromatic carbocycles. The van der Waals surface area contributed by atoms with Crippen LogP contribution in [0, 0.1) is 34.0 Å². The number of benzene rings is 1. The average molecular weight is 234 g/mol. The SMILES string of the molecule is N#CC(C#N)=C(C#N)Nc1ccc2c(c1)CCC2. The molecule has 0 saturated carbocycles. The van der Waals surface area contributed by atoms with Crippen molar-refractivity contribution in [1.29, 1.82) is 15.8 Å². The van der Waals surface area contributed by atoms with E-state index in [0.717, 1.165) is 24.9 Å². The Hall–Kier alpha value is -2.77. The first kappa shape index (κ1) is 11.7. The molecular weight excluding hydrogens is 224 g/mol. The number of nitrogens with zero attached hydrogens (tertiary/aromatic N) is 3. The largest absolute Gasteiger partial charge is 0.345 e. The molecule has 0 fully saturated rings. The summed E-state index contributed by atoms with van der Waals surface area (Å²) in [6, 6.07) is 11.1. The van der Waals surface area contributed by atoms with E-state index in [-0.39, 0.29) is 11.3 Å². The molecule has 0 saturated heterocycles. The van der Waals surface area contributed by atoms with E-state index < -0.39 is 0 Å². The highest BCUT2D eigenvalue weighted by atomic mass is 14.9. The average Bonchev–Trinajstić information content (AvgIpc) is 2.86. The Morgan fingerprint density at radius 1 is 1.00 bits per heavy atom. The van der Waals surface area contributed by atoms with Crippen LogP contribution in [0.15, 0.2) is 29.5 Å². The van der Waals surface area contributed by atoms with Crippen LogP contribution < -0.4 is 5.32 Å². The lowest BCUT2D eigenvalue weighted by atomic mass is 10.1. The predicted octanol–water partition coefficient (Wildman–Crippen LogP) is 2.41. The van der Waals surface area contributed by atoms with E-state index in [9.17, 15) is 0 Å². The monoisotopic (exact) mass is 234 g/mol. The van der Waals surface area contributed by atoms with Crippen LogP contribution in [0.2, 0.25) is 0 Å². The van der Waals surface area contributed by atoms with Crippen molar-refractivity contribution in [2.45, 2.75) is 19.3 Å². The fourth-order valence-corrected chi connectivity index (χ4v) is 2.08. The van der Waals surface area contributed by atoms with Gasteiger partial charge in [0.05, 0.1) is 0 Å². The maximum absolute atomic E-state index is 8.94.